The highest BCUT2D eigenvalue weighted by atomic mass is 127. The van der Waals surface area contributed by atoms with Crippen LogP contribution in [0.3, 0.4) is 0 Å². The first-order chi connectivity index (χ1) is 6.77. The Morgan fingerprint density at radius 2 is 1.93 bits per heavy atom. The number of hydrogen-bond donors (Lipinski definition) is 0. The molecule has 0 radical (unpaired) electrons. The van der Waals surface area contributed by atoms with Gasteiger partial charge < -0.3 is 0 Å². The molecular formula is C11H9IN2. The van der Waals surface area contributed by atoms with Crippen molar-refractivity contribution in [1.29, 1.82) is 0 Å². The summed E-state index contributed by atoms with van der Waals surface area (Å²) in [4.78, 5) is 8.40. The molecule has 0 aromatic carbocycles. The Balaban J connectivity index is 2.53. The molecule has 2 nitrogen and oxygen atoms in total. The van der Waals surface area contributed by atoms with E-state index in [1.165, 1.54) is 5.56 Å². The quantitative estimate of drug-likeness (QED) is 0.756. The Bertz CT molecular complexity index is 440. The second-order valence-electron chi connectivity index (χ2n) is 3.05. The van der Waals surface area contributed by atoms with Gasteiger partial charge in [-0.2, -0.15) is 0 Å². The molecule has 0 amide bonds. The summed E-state index contributed by atoms with van der Waals surface area (Å²) in [5, 5.41) is 0. The van der Waals surface area contributed by atoms with E-state index >= 15 is 0 Å². The van der Waals surface area contributed by atoms with Crippen molar-refractivity contribution in [2.24, 2.45) is 0 Å². The van der Waals surface area contributed by atoms with Gasteiger partial charge in [-0.3, -0.25) is 9.97 Å². The highest BCUT2D eigenvalue weighted by Gasteiger charge is 2.02. The summed E-state index contributed by atoms with van der Waals surface area (Å²) in [6.07, 6.45) is 5.45. The van der Waals surface area contributed by atoms with Crippen molar-refractivity contribution < 1.29 is 0 Å². The van der Waals surface area contributed by atoms with Crippen molar-refractivity contribution in [3.8, 4) is 11.3 Å². The van der Waals surface area contributed by atoms with Crippen molar-refractivity contribution >= 4 is 22.6 Å². The van der Waals surface area contributed by atoms with E-state index < -0.39 is 0 Å². The minimum absolute atomic E-state index is 1.04. The average Bonchev–Trinajstić information content (AvgIpc) is 2.19. The Kier molecular flexibility index (Phi) is 2.77. The SMILES string of the molecule is Cc1cc(I)cnc1-c1ccncc1. The van der Waals surface area contributed by atoms with Gasteiger partial charge in [-0.1, -0.05) is 0 Å². The van der Waals surface area contributed by atoms with E-state index in [0.717, 1.165) is 14.8 Å². The molecule has 0 bridgehead atoms. The van der Waals surface area contributed by atoms with E-state index in [1.807, 2.05) is 18.3 Å². The lowest BCUT2D eigenvalue weighted by Crippen LogP contribution is -1.89. The van der Waals surface area contributed by atoms with E-state index in [2.05, 4.69) is 45.5 Å². The first kappa shape index (κ1) is 9.58. The largest absolute Gasteiger partial charge is 0.265 e. The van der Waals surface area contributed by atoms with Crippen LogP contribution in [0.4, 0.5) is 0 Å². The number of pyridine rings is 2. The molecule has 0 aliphatic carbocycles. The van der Waals surface area contributed by atoms with Gasteiger partial charge in [0.1, 0.15) is 0 Å². The molecule has 0 aliphatic rings. The third-order valence-corrected chi connectivity index (χ3v) is 2.59. The molecule has 2 heterocycles. The minimum Gasteiger partial charge on any atom is -0.265 e. The highest BCUT2D eigenvalue weighted by molar-refractivity contribution is 14.1. The molecule has 0 spiro atoms. The summed E-state index contributed by atoms with van der Waals surface area (Å²) in [7, 11) is 0. The van der Waals surface area contributed by atoms with Crippen LogP contribution in [0.2, 0.25) is 0 Å². The van der Waals surface area contributed by atoms with Gasteiger partial charge in [-0.15, -0.1) is 0 Å². The maximum Gasteiger partial charge on any atom is 0.0733 e. The van der Waals surface area contributed by atoms with Crippen LogP contribution in [0, 0.1) is 10.5 Å². The molecule has 0 unspecified atom stereocenters. The topological polar surface area (TPSA) is 25.8 Å². The number of rotatable bonds is 1. The Hall–Kier alpha value is -0.970. The van der Waals surface area contributed by atoms with Crippen LogP contribution >= 0.6 is 22.6 Å². The molecule has 0 N–H and O–H groups in total. The monoisotopic (exact) mass is 296 g/mol. The van der Waals surface area contributed by atoms with E-state index in [1.54, 1.807) is 12.4 Å². The summed E-state index contributed by atoms with van der Waals surface area (Å²) < 4.78 is 1.16. The predicted octanol–water partition coefficient (Wildman–Crippen LogP) is 3.06. The van der Waals surface area contributed by atoms with E-state index in [-0.39, 0.29) is 0 Å². The zero-order valence-corrected chi connectivity index (χ0v) is 9.89. The normalized spacial score (nSPS) is 10.1. The summed E-state index contributed by atoms with van der Waals surface area (Å²) in [5.41, 5.74) is 3.35. The van der Waals surface area contributed by atoms with Crippen molar-refractivity contribution in [3.05, 3.63) is 45.9 Å². The van der Waals surface area contributed by atoms with Gasteiger partial charge in [0.05, 0.1) is 5.69 Å². The molecule has 2 aromatic heterocycles. The van der Waals surface area contributed by atoms with Crippen LogP contribution < -0.4 is 0 Å². The van der Waals surface area contributed by atoms with Crippen LogP contribution in [0.15, 0.2) is 36.8 Å². The standard InChI is InChI=1S/C11H9IN2/c1-8-6-10(12)7-14-11(8)9-2-4-13-5-3-9/h2-7H,1H3. The van der Waals surface area contributed by atoms with Crippen molar-refractivity contribution in [3.63, 3.8) is 0 Å². The first-order valence-electron chi connectivity index (χ1n) is 4.30. The van der Waals surface area contributed by atoms with Gasteiger partial charge >= 0.3 is 0 Å². The second-order valence-corrected chi connectivity index (χ2v) is 4.30. The molecule has 0 fully saturated rings. The van der Waals surface area contributed by atoms with Crippen molar-refractivity contribution in [2.75, 3.05) is 0 Å². The molecule has 14 heavy (non-hydrogen) atoms. The van der Waals surface area contributed by atoms with Gasteiger partial charge in [0.2, 0.25) is 0 Å². The molecular weight excluding hydrogens is 287 g/mol. The fourth-order valence-corrected chi connectivity index (χ4v) is 1.96. The zero-order chi connectivity index (χ0) is 9.97. The van der Waals surface area contributed by atoms with Crippen LogP contribution in [0.1, 0.15) is 5.56 Å². The second kappa shape index (κ2) is 4.04. The molecule has 2 rings (SSSR count). The van der Waals surface area contributed by atoms with E-state index in [0.29, 0.717) is 0 Å². The zero-order valence-electron chi connectivity index (χ0n) is 7.74. The molecule has 0 aliphatic heterocycles. The number of nitrogens with zero attached hydrogens (tertiary/aromatic N) is 2. The fraction of sp³-hybridized carbons (Fsp3) is 0.0909. The molecule has 70 valence electrons. The lowest BCUT2D eigenvalue weighted by Gasteiger charge is -2.04. The lowest BCUT2D eigenvalue weighted by atomic mass is 10.1. The van der Waals surface area contributed by atoms with Crippen LogP contribution in [-0.4, -0.2) is 9.97 Å². The Morgan fingerprint density at radius 3 is 2.57 bits per heavy atom. The van der Waals surface area contributed by atoms with Gasteiger partial charge in [0, 0.05) is 27.7 Å². The van der Waals surface area contributed by atoms with Crippen LogP contribution in [-0.2, 0) is 0 Å². The summed E-state index contributed by atoms with van der Waals surface area (Å²) in [5.74, 6) is 0. The molecule has 0 saturated carbocycles. The number of hydrogen-bond acceptors (Lipinski definition) is 2. The van der Waals surface area contributed by atoms with Crippen molar-refractivity contribution in [1.82, 2.24) is 9.97 Å². The van der Waals surface area contributed by atoms with Gasteiger partial charge in [0.15, 0.2) is 0 Å². The summed E-state index contributed by atoms with van der Waals surface area (Å²) in [6.45, 7) is 2.07. The third-order valence-electron chi connectivity index (χ3n) is 2.00. The fourth-order valence-electron chi connectivity index (χ4n) is 1.35. The van der Waals surface area contributed by atoms with Crippen molar-refractivity contribution in [2.45, 2.75) is 6.92 Å². The van der Waals surface area contributed by atoms with E-state index in [9.17, 15) is 0 Å². The Labute approximate surface area is 96.6 Å². The predicted molar refractivity (Wildman–Crippen MR) is 64.9 cm³/mol. The average molecular weight is 296 g/mol. The number of aryl methyl sites for hydroxylation is 1. The van der Waals surface area contributed by atoms with Gasteiger partial charge in [-0.25, -0.2) is 0 Å². The Morgan fingerprint density at radius 1 is 1.21 bits per heavy atom. The first-order valence-corrected chi connectivity index (χ1v) is 5.38. The summed E-state index contributed by atoms with van der Waals surface area (Å²) in [6, 6.07) is 6.08. The molecule has 0 atom stereocenters. The van der Waals surface area contributed by atoms with Gasteiger partial charge in [-0.05, 0) is 53.3 Å². The lowest BCUT2D eigenvalue weighted by molar-refractivity contribution is 1.24. The van der Waals surface area contributed by atoms with E-state index in [4.69, 9.17) is 0 Å². The van der Waals surface area contributed by atoms with Gasteiger partial charge in [0.25, 0.3) is 0 Å². The summed E-state index contributed by atoms with van der Waals surface area (Å²) >= 11 is 2.27. The molecule has 3 heteroatoms. The maximum atomic E-state index is 4.41. The number of aromatic nitrogens is 2. The third kappa shape index (κ3) is 1.92. The van der Waals surface area contributed by atoms with Crippen LogP contribution in [0.25, 0.3) is 11.3 Å². The minimum atomic E-state index is 1.04. The highest BCUT2D eigenvalue weighted by Crippen LogP contribution is 2.20. The number of halogens is 1. The molecule has 2 aromatic rings. The smallest absolute Gasteiger partial charge is 0.0733 e. The maximum absolute atomic E-state index is 4.41. The van der Waals surface area contributed by atoms with Crippen LogP contribution in [0.5, 0.6) is 0 Å². The molecule has 0 saturated heterocycles.